The normalized spacial score (nSPS) is 14.1. The number of H-pyrrole nitrogens is 1. The van der Waals surface area contributed by atoms with Crippen molar-refractivity contribution in [3.63, 3.8) is 0 Å². The fourth-order valence-electron chi connectivity index (χ4n) is 4.64. The maximum atomic E-state index is 12.6. The second-order valence-corrected chi connectivity index (χ2v) is 9.30. The van der Waals surface area contributed by atoms with Crippen LogP contribution in [0.3, 0.4) is 0 Å². The highest BCUT2D eigenvalue weighted by Crippen LogP contribution is 2.27. The quantitative estimate of drug-likeness (QED) is 0.263. The number of nitrogens with zero attached hydrogens (tertiary/aromatic N) is 1. The number of nitrogens with one attached hydrogen (secondary N) is 3. The lowest BCUT2D eigenvalue weighted by atomic mass is 9.99. The van der Waals surface area contributed by atoms with Gasteiger partial charge >= 0.3 is 0 Å². The molecule has 1 fully saturated rings. The summed E-state index contributed by atoms with van der Waals surface area (Å²) < 4.78 is 0. The number of imidazole rings is 1. The fourth-order valence-corrected chi connectivity index (χ4v) is 4.64. The van der Waals surface area contributed by atoms with Gasteiger partial charge in [0.2, 0.25) is 5.91 Å². The van der Waals surface area contributed by atoms with Gasteiger partial charge in [-0.05, 0) is 66.9 Å². The fraction of sp³-hybridized carbons (Fsp3) is 0.233. The Balaban J connectivity index is 1.21. The third-order valence-corrected chi connectivity index (χ3v) is 6.72. The summed E-state index contributed by atoms with van der Waals surface area (Å²) in [5, 5.41) is 5.99. The number of benzene rings is 3. The number of anilines is 2. The molecule has 3 N–H and O–H groups in total. The van der Waals surface area contributed by atoms with Crippen molar-refractivity contribution in [2.24, 2.45) is 5.92 Å². The first kappa shape index (κ1) is 23.5. The number of carbonyl (C=O) groups is 2. The van der Waals surface area contributed by atoms with E-state index in [0.717, 1.165) is 59.7 Å². The van der Waals surface area contributed by atoms with Crippen molar-refractivity contribution in [3.8, 4) is 22.6 Å². The first-order chi connectivity index (χ1) is 17.7. The van der Waals surface area contributed by atoms with Crippen molar-refractivity contribution in [2.45, 2.75) is 38.5 Å². The van der Waals surface area contributed by atoms with Crippen molar-refractivity contribution in [1.29, 1.82) is 0 Å². The Hall–Kier alpha value is -4.19. The Morgan fingerprint density at radius 1 is 0.722 bits per heavy atom. The Labute approximate surface area is 211 Å². The zero-order chi connectivity index (χ0) is 24.7. The van der Waals surface area contributed by atoms with Crippen LogP contribution in [0.5, 0.6) is 0 Å². The first-order valence-corrected chi connectivity index (χ1v) is 12.6. The Bertz CT molecular complexity index is 1300. The number of aromatic amines is 1. The van der Waals surface area contributed by atoms with Gasteiger partial charge in [0.05, 0.1) is 11.9 Å². The first-order valence-electron chi connectivity index (χ1n) is 12.6. The van der Waals surface area contributed by atoms with E-state index in [-0.39, 0.29) is 17.7 Å². The van der Waals surface area contributed by atoms with Gasteiger partial charge in [-0.2, -0.15) is 0 Å². The van der Waals surface area contributed by atoms with E-state index in [1.165, 1.54) is 12.8 Å². The monoisotopic (exact) mass is 478 g/mol. The number of hydrogen-bond acceptors (Lipinski definition) is 3. The molecule has 1 saturated carbocycles. The molecule has 1 heterocycles. The van der Waals surface area contributed by atoms with Crippen LogP contribution in [0.25, 0.3) is 22.6 Å². The van der Waals surface area contributed by atoms with Crippen molar-refractivity contribution in [2.75, 3.05) is 10.6 Å². The summed E-state index contributed by atoms with van der Waals surface area (Å²) in [7, 11) is 0. The summed E-state index contributed by atoms with van der Waals surface area (Å²) in [5.74, 6) is 0.867. The lowest BCUT2D eigenvalue weighted by Crippen LogP contribution is -2.22. The van der Waals surface area contributed by atoms with Crippen LogP contribution in [0.4, 0.5) is 11.4 Å². The third-order valence-electron chi connectivity index (χ3n) is 6.72. The van der Waals surface area contributed by atoms with E-state index in [9.17, 15) is 9.59 Å². The van der Waals surface area contributed by atoms with Gasteiger partial charge in [0.1, 0.15) is 5.82 Å². The molecule has 5 rings (SSSR count). The van der Waals surface area contributed by atoms with Crippen molar-refractivity contribution >= 4 is 23.2 Å². The summed E-state index contributed by atoms with van der Waals surface area (Å²) in [5.41, 5.74) is 4.97. The van der Waals surface area contributed by atoms with E-state index in [0.29, 0.717) is 5.56 Å². The van der Waals surface area contributed by atoms with Gasteiger partial charge in [0, 0.05) is 28.4 Å². The summed E-state index contributed by atoms with van der Waals surface area (Å²) in [6.45, 7) is 0. The summed E-state index contributed by atoms with van der Waals surface area (Å²) in [6.07, 6.45) is 8.54. The molecule has 0 bridgehead atoms. The summed E-state index contributed by atoms with van der Waals surface area (Å²) in [4.78, 5) is 32.9. The zero-order valence-corrected chi connectivity index (χ0v) is 20.2. The summed E-state index contributed by atoms with van der Waals surface area (Å²) in [6, 6.07) is 24.6. The predicted molar refractivity (Wildman–Crippen MR) is 144 cm³/mol. The largest absolute Gasteiger partial charge is 0.338 e. The number of aromatic nitrogens is 2. The third kappa shape index (κ3) is 5.71. The average molecular weight is 479 g/mol. The molecule has 2 amide bonds. The van der Waals surface area contributed by atoms with E-state index < -0.39 is 0 Å². The van der Waals surface area contributed by atoms with Gasteiger partial charge in [0.25, 0.3) is 5.91 Å². The van der Waals surface area contributed by atoms with Gasteiger partial charge in [-0.25, -0.2) is 4.98 Å². The zero-order valence-electron chi connectivity index (χ0n) is 20.2. The van der Waals surface area contributed by atoms with E-state index in [4.69, 9.17) is 0 Å². The number of hydrogen-bond donors (Lipinski definition) is 3. The van der Waals surface area contributed by atoms with Gasteiger partial charge in [0.15, 0.2) is 0 Å². The Kier molecular flexibility index (Phi) is 7.22. The van der Waals surface area contributed by atoms with Crippen LogP contribution >= 0.6 is 0 Å². The maximum absolute atomic E-state index is 12.6. The molecule has 0 aliphatic heterocycles. The highest BCUT2D eigenvalue weighted by molar-refractivity contribution is 6.04. The average Bonchev–Trinajstić information content (AvgIpc) is 3.25. The van der Waals surface area contributed by atoms with Crippen LogP contribution in [-0.2, 0) is 4.79 Å². The van der Waals surface area contributed by atoms with E-state index >= 15 is 0 Å². The van der Waals surface area contributed by atoms with Gasteiger partial charge in [-0.1, -0.05) is 56.0 Å². The molecule has 0 radical (unpaired) electrons. The molecule has 0 saturated heterocycles. The molecule has 6 heteroatoms. The highest BCUT2D eigenvalue weighted by Gasteiger charge is 2.20. The van der Waals surface area contributed by atoms with Gasteiger partial charge < -0.3 is 15.6 Å². The molecule has 1 aliphatic carbocycles. The lowest BCUT2D eigenvalue weighted by Gasteiger charge is -2.14. The molecule has 36 heavy (non-hydrogen) atoms. The second kappa shape index (κ2) is 11.0. The Morgan fingerprint density at radius 3 is 2.00 bits per heavy atom. The van der Waals surface area contributed by atoms with Crippen LogP contribution in [0.2, 0.25) is 0 Å². The summed E-state index contributed by atoms with van der Waals surface area (Å²) >= 11 is 0. The van der Waals surface area contributed by atoms with Crippen LogP contribution in [0.1, 0.15) is 48.9 Å². The molecule has 0 atom stereocenters. The van der Waals surface area contributed by atoms with Gasteiger partial charge in [-0.3, -0.25) is 9.59 Å². The molecule has 4 aromatic rings. The maximum Gasteiger partial charge on any atom is 0.255 e. The van der Waals surface area contributed by atoms with Crippen LogP contribution in [-0.4, -0.2) is 21.8 Å². The molecular formula is C30H30N4O2. The predicted octanol–water partition coefficient (Wildman–Crippen LogP) is 6.90. The molecule has 1 aromatic heterocycles. The molecule has 0 spiro atoms. The minimum absolute atomic E-state index is 0.125. The SMILES string of the molecule is O=C(Nc1ccc(-c2ncc(-c3ccc(NC(=O)C4CCCCCC4)cc3)[nH]2)cc1)c1ccccc1. The van der Waals surface area contributed by atoms with Crippen LogP contribution in [0, 0.1) is 5.92 Å². The van der Waals surface area contributed by atoms with Crippen LogP contribution in [0.15, 0.2) is 85.1 Å². The highest BCUT2D eigenvalue weighted by atomic mass is 16.2. The van der Waals surface area contributed by atoms with E-state index in [2.05, 4.69) is 20.6 Å². The van der Waals surface area contributed by atoms with E-state index in [1.54, 1.807) is 18.3 Å². The van der Waals surface area contributed by atoms with Crippen molar-refractivity contribution in [1.82, 2.24) is 9.97 Å². The van der Waals surface area contributed by atoms with E-state index in [1.807, 2.05) is 66.7 Å². The number of amides is 2. The lowest BCUT2D eigenvalue weighted by molar-refractivity contribution is -0.120. The number of carbonyl (C=O) groups excluding carboxylic acids is 2. The minimum Gasteiger partial charge on any atom is -0.338 e. The smallest absolute Gasteiger partial charge is 0.255 e. The number of rotatable bonds is 6. The van der Waals surface area contributed by atoms with Crippen molar-refractivity contribution < 1.29 is 9.59 Å². The molecule has 1 aliphatic rings. The second-order valence-electron chi connectivity index (χ2n) is 9.30. The van der Waals surface area contributed by atoms with Crippen molar-refractivity contribution in [3.05, 3.63) is 90.6 Å². The Morgan fingerprint density at radius 2 is 1.33 bits per heavy atom. The molecule has 182 valence electrons. The van der Waals surface area contributed by atoms with Crippen LogP contribution < -0.4 is 10.6 Å². The molecular weight excluding hydrogens is 448 g/mol. The van der Waals surface area contributed by atoms with Gasteiger partial charge in [-0.15, -0.1) is 0 Å². The minimum atomic E-state index is -0.141. The molecule has 3 aromatic carbocycles. The standard InChI is InChI=1S/C30H30N4O2/c35-29(23-8-4-1-2-5-9-23)32-25-16-12-21(13-17-25)27-20-31-28(34-27)22-14-18-26(19-15-22)33-30(36)24-10-6-3-7-11-24/h3,6-7,10-20,23H,1-2,4-5,8-9H2,(H,31,34)(H,32,35)(H,33,36). The molecule has 0 unspecified atom stereocenters. The topological polar surface area (TPSA) is 86.9 Å². The molecule has 6 nitrogen and oxygen atoms in total.